The fourth-order valence-electron chi connectivity index (χ4n) is 4.30. The predicted octanol–water partition coefficient (Wildman–Crippen LogP) is 3.16. The molecule has 4 rings (SSSR count). The van der Waals surface area contributed by atoms with Crippen molar-refractivity contribution in [1.29, 1.82) is 0 Å². The van der Waals surface area contributed by atoms with E-state index in [-0.39, 0.29) is 6.04 Å². The van der Waals surface area contributed by atoms with Crippen LogP contribution in [0.15, 0.2) is 42.5 Å². The van der Waals surface area contributed by atoms with Gasteiger partial charge in [0.05, 0.1) is 19.2 Å². The van der Waals surface area contributed by atoms with Gasteiger partial charge in [0, 0.05) is 39.0 Å². The van der Waals surface area contributed by atoms with Crippen LogP contribution in [0.3, 0.4) is 0 Å². The van der Waals surface area contributed by atoms with Gasteiger partial charge < -0.3 is 9.64 Å². The van der Waals surface area contributed by atoms with Gasteiger partial charge in [-0.15, -0.1) is 5.10 Å². The number of ether oxygens (including phenoxy) is 1. The van der Waals surface area contributed by atoms with Crippen LogP contribution in [0.5, 0.6) is 0 Å². The predicted molar refractivity (Wildman–Crippen MR) is 122 cm³/mol. The molecule has 1 atom stereocenters. The van der Waals surface area contributed by atoms with Crippen LogP contribution in [0.1, 0.15) is 34.1 Å². The van der Waals surface area contributed by atoms with Crippen molar-refractivity contribution in [3.8, 4) is 0 Å². The normalized spacial score (nSPS) is 15.9. The highest BCUT2D eigenvalue weighted by molar-refractivity contribution is 5.55. The Balaban J connectivity index is 1.59. The van der Waals surface area contributed by atoms with Crippen molar-refractivity contribution >= 4 is 5.69 Å². The molecule has 1 aliphatic rings. The number of nitrogens with zero attached hydrogens (tertiary/aromatic N) is 6. The largest absolute Gasteiger partial charge is 0.383 e. The average Bonchev–Trinajstić information content (AvgIpc) is 3.24. The molecule has 2 heterocycles. The number of hydrogen-bond donors (Lipinski definition) is 0. The molecule has 0 bridgehead atoms. The summed E-state index contributed by atoms with van der Waals surface area (Å²) in [5.41, 5.74) is 6.45. The Bertz CT molecular complexity index is 992. The molecule has 31 heavy (non-hydrogen) atoms. The third-order valence-corrected chi connectivity index (χ3v) is 6.09. The first-order chi connectivity index (χ1) is 15.1. The average molecular weight is 421 g/mol. The van der Waals surface area contributed by atoms with E-state index in [2.05, 4.69) is 88.6 Å². The van der Waals surface area contributed by atoms with Gasteiger partial charge in [0.25, 0.3) is 0 Å². The van der Waals surface area contributed by atoms with Crippen LogP contribution in [0.2, 0.25) is 0 Å². The highest BCUT2D eigenvalue weighted by atomic mass is 16.5. The molecule has 2 aromatic carbocycles. The van der Waals surface area contributed by atoms with Crippen LogP contribution in [0.25, 0.3) is 0 Å². The number of benzene rings is 2. The SMILES string of the molecule is COCCn1nnnc1[C@H](c1ccc(C)cc1)N1CCN(c2cc(C)ccc2C)CC1. The van der Waals surface area contributed by atoms with Crippen molar-refractivity contribution in [2.75, 3.05) is 44.8 Å². The van der Waals surface area contributed by atoms with E-state index in [0.29, 0.717) is 13.2 Å². The Hall–Kier alpha value is -2.77. The number of rotatable bonds is 7. The van der Waals surface area contributed by atoms with Crippen LogP contribution < -0.4 is 4.90 Å². The molecule has 164 valence electrons. The Morgan fingerprint density at radius 2 is 1.65 bits per heavy atom. The number of anilines is 1. The Labute approximate surface area is 184 Å². The molecular weight excluding hydrogens is 388 g/mol. The van der Waals surface area contributed by atoms with Gasteiger partial charge in [0.15, 0.2) is 5.82 Å². The topological polar surface area (TPSA) is 59.3 Å². The van der Waals surface area contributed by atoms with Gasteiger partial charge >= 0.3 is 0 Å². The number of piperazine rings is 1. The zero-order chi connectivity index (χ0) is 21.8. The maximum Gasteiger partial charge on any atom is 0.173 e. The Morgan fingerprint density at radius 1 is 0.935 bits per heavy atom. The van der Waals surface area contributed by atoms with Gasteiger partial charge in [-0.05, 0) is 54.0 Å². The van der Waals surface area contributed by atoms with Gasteiger partial charge in [-0.1, -0.05) is 42.0 Å². The minimum atomic E-state index is 0.0215. The summed E-state index contributed by atoms with van der Waals surface area (Å²) in [6, 6.07) is 15.5. The molecule has 0 unspecified atom stereocenters. The van der Waals surface area contributed by atoms with E-state index in [1.54, 1.807) is 7.11 Å². The molecule has 0 aliphatic carbocycles. The fourth-order valence-corrected chi connectivity index (χ4v) is 4.30. The van der Waals surface area contributed by atoms with E-state index in [1.165, 1.54) is 27.9 Å². The molecule has 3 aromatic rings. The first-order valence-corrected chi connectivity index (χ1v) is 10.9. The zero-order valence-electron chi connectivity index (χ0n) is 19.0. The molecule has 1 aromatic heterocycles. The fraction of sp³-hybridized carbons (Fsp3) is 0.458. The summed E-state index contributed by atoms with van der Waals surface area (Å²) in [4.78, 5) is 5.00. The van der Waals surface area contributed by atoms with E-state index < -0.39 is 0 Å². The number of hydrogen-bond acceptors (Lipinski definition) is 6. The summed E-state index contributed by atoms with van der Waals surface area (Å²) in [5, 5.41) is 12.7. The lowest BCUT2D eigenvalue weighted by molar-refractivity contribution is 0.171. The molecule has 0 saturated carbocycles. The van der Waals surface area contributed by atoms with Crippen molar-refractivity contribution in [1.82, 2.24) is 25.1 Å². The molecule has 1 aliphatic heterocycles. The second-order valence-corrected chi connectivity index (χ2v) is 8.38. The van der Waals surface area contributed by atoms with E-state index in [9.17, 15) is 0 Å². The van der Waals surface area contributed by atoms with Gasteiger partial charge in [-0.2, -0.15) is 0 Å². The molecule has 0 radical (unpaired) electrons. The minimum absolute atomic E-state index is 0.0215. The summed E-state index contributed by atoms with van der Waals surface area (Å²) in [5.74, 6) is 0.876. The van der Waals surface area contributed by atoms with Crippen LogP contribution in [-0.2, 0) is 11.3 Å². The van der Waals surface area contributed by atoms with Crippen molar-refractivity contribution in [2.45, 2.75) is 33.4 Å². The maximum absolute atomic E-state index is 5.26. The number of aryl methyl sites for hydroxylation is 3. The standard InChI is InChI=1S/C24H32N6O/c1-18-6-9-21(10-7-18)23(24-25-26-27-30(24)15-16-31-4)29-13-11-28(12-14-29)22-17-19(2)5-8-20(22)3/h5-10,17,23H,11-16H2,1-4H3/t23-/m0/s1. The molecule has 0 amide bonds. The second kappa shape index (κ2) is 9.58. The van der Waals surface area contributed by atoms with E-state index in [4.69, 9.17) is 4.74 Å². The number of tetrazole rings is 1. The maximum atomic E-state index is 5.26. The molecule has 7 nitrogen and oxygen atoms in total. The zero-order valence-corrected chi connectivity index (χ0v) is 19.0. The lowest BCUT2D eigenvalue weighted by Crippen LogP contribution is -2.48. The molecular formula is C24H32N6O. The van der Waals surface area contributed by atoms with Crippen molar-refractivity contribution in [3.05, 3.63) is 70.5 Å². The third kappa shape index (κ3) is 4.78. The molecule has 0 spiro atoms. The molecule has 0 N–H and O–H groups in total. The molecule has 1 saturated heterocycles. The van der Waals surface area contributed by atoms with Crippen LogP contribution in [-0.4, -0.2) is 65.0 Å². The summed E-state index contributed by atoms with van der Waals surface area (Å²) >= 11 is 0. The van der Waals surface area contributed by atoms with Gasteiger partial charge in [-0.3, -0.25) is 4.90 Å². The highest BCUT2D eigenvalue weighted by Crippen LogP contribution is 2.30. The summed E-state index contributed by atoms with van der Waals surface area (Å²) in [6.45, 7) is 11.5. The smallest absolute Gasteiger partial charge is 0.173 e. The van der Waals surface area contributed by atoms with Crippen molar-refractivity contribution < 1.29 is 4.74 Å². The molecule has 7 heteroatoms. The Morgan fingerprint density at radius 3 is 2.35 bits per heavy atom. The first kappa shape index (κ1) is 21.5. The van der Waals surface area contributed by atoms with E-state index in [0.717, 1.165) is 32.0 Å². The summed E-state index contributed by atoms with van der Waals surface area (Å²) in [7, 11) is 1.70. The Kier molecular flexibility index (Phi) is 6.63. The summed E-state index contributed by atoms with van der Waals surface area (Å²) < 4.78 is 7.14. The highest BCUT2D eigenvalue weighted by Gasteiger charge is 2.31. The van der Waals surface area contributed by atoms with Crippen molar-refractivity contribution in [3.63, 3.8) is 0 Å². The van der Waals surface area contributed by atoms with Crippen molar-refractivity contribution in [2.24, 2.45) is 0 Å². The van der Waals surface area contributed by atoms with E-state index in [1.807, 2.05) is 4.68 Å². The lowest BCUT2D eigenvalue weighted by Gasteiger charge is -2.40. The number of methoxy groups -OCH3 is 1. The lowest BCUT2D eigenvalue weighted by atomic mass is 10.0. The number of aromatic nitrogens is 4. The molecule has 1 fully saturated rings. The second-order valence-electron chi connectivity index (χ2n) is 8.38. The quantitative estimate of drug-likeness (QED) is 0.585. The van der Waals surface area contributed by atoms with Crippen LogP contribution >= 0.6 is 0 Å². The van der Waals surface area contributed by atoms with E-state index >= 15 is 0 Å². The van der Waals surface area contributed by atoms with Crippen LogP contribution in [0.4, 0.5) is 5.69 Å². The first-order valence-electron chi connectivity index (χ1n) is 10.9. The monoisotopic (exact) mass is 420 g/mol. The summed E-state index contributed by atoms with van der Waals surface area (Å²) in [6.07, 6.45) is 0. The third-order valence-electron chi connectivity index (χ3n) is 6.09. The van der Waals surface area contributed by atoms with Crippen LogP contribution in [0, 0.1) is 20.8 Å². The van der Waals surface area contributed by atoms with Gasteiger partial charge in [-0.25, -0.2) is 4.68 Å². The minimum Gasteiger partial charge on any atom is -0.383 e. The van der Waals surface area contributed by atoms with Gasteiger partial charge in [0.1, 0.15) is 0 Å². The van der Waals surface area contributed by atoms with Gasteiger partial charge in [0.2, 0.25) is 0 Å².